The molecule has 0 atom stereocenters. The number of hydrogen-bond donors (Lipinski definition) is 0. The average Bonchev–Trinajstić information content (AvgIpc) is 3.04. The van der Waals surface area contributed by atoms with Crippen molar-refractivity contribution in [3.8, 4) is 0 Å². The summed E-state index contributed by atoms with van der Waals surface area (Å²) in [5.41, 5.74) is 6.20. The largest absolute Gasteiger partial charge is 0.461 e. The summed E-state index contributed by atoms with van der Waals surface area (Å²) < 4.78 is 6.85. The summed E-state index contributed by atoms with van der Waals surface area (Å²) in [6.07, 6.45) is 3.62. The fourth-order valence-corrected chi connectivity index (χ4v) is 2.21. The van der Waals surface area contributed by atoms with Crippen molar-refractivity contribution in [2.45, 2.75) is 13.5 Å². The average molecular weight is 266 g/mol. The van der Waals surface area contributed by atoms with Crippen molar-refractivity contribution in [1.29, 1.82) is 0 Å². The van der Waals surface area contributed by atoms with Crippen LogP contribution >= 0.6 is 0 Å². The van der Waals surface area contributed by atoms with E-state index in [4.69, 9.17) is 4.74 Å². The van der Waals surface area contributed by atoms with Crippen LogP contribution in [-0.4, -0.2) is 22.4 Å². The highest BCUT2D eigenvalue weighted by atomic mass is 16.5. The molecule has 0 radical (unpaired) electrons. The van der Waals surface area contributed by atoms with Crippen molar-refractivity contribution in [3.05, 3.63) is 58.6 Å². The molecule has 2 aromatic rings. The standard InChI is InChI=1S/C16H14N2O2/c1-2-20-16(19)15-13-9-6-10-14(13)18(17-15)11-12-7-4-3-5-8-12/h3-5,7-10H,2,11H2,1H3. The third-order valence-corrected chi connectivity index (χ3v) is 3.12. The number of fused-ring (bicyclic) bond motifs is 1. The molecule has 0 spiro atoms. The summed E-state index contributed by atoms with van der Waals surface area (Å²) in [6.45, 7) is 2.75. The summed E-state index contributed by atoms with van der Waals surface area (Å²) in [6, 6.07) is 10.0. The zero-order chi connectivity index (χ0) is 13.9. The Labute approximate surface area is 117 Å². The molecule has 0 bridgehead atoms. The van der Waals surface area contributed by atoms with Gasteiger partial charge in [0.15, 0.2) is 5.69 Å². The summed E-state index contributed by atoms with van der Waals surface area (Å²) in [5, 5.41) is 4.39. The van der Waals surface area contributed by atoms with Gasteiger partial charge in [0.2, 0.25) is 0 Å². The molecule has 0 saturated heterocycles. The van der Waals surface area contributed by atoms with E-state index < -0.39 is 0 Å². The molecule has 1 aliphatic rings. The molecular formula is C16H14N2O2. The van der Waals surface area contributed by atoms with Gasteiger partial charge in [0.25, 0.3) is 0 Å². The third kappa shape index (κ3) is 2.17. The number of esters is 1. The predicted molar refractivity (Wildman–Crippen MR) is 76.2 cm³/mol. The molecule has 100 valence electrons. The summed E-state index contributed by atoms with van der Waals surface area (Å²) >= 11 is 0. The Kier molecular flexibility index (Phi) is 3.23. The highest BCUT2D eigenvalue weighted by Gasteiger charge is 2.22. The SMILES string of the molecule is CCOC(=O)c1nn(Cc2ccccc2)c2c1C=C=C2. The first kappa shape index (κ1) is 12.5. The molecule has 3 rings (SSSR count). The van der Waals surface area contributed by atoms with Crippen LogP contribution in [0.5, 0.6) is 0 Å². The van der Waals surface area contributed by atoms with E-state index in [1.165, 1.54) is 0 Å². The minimum atomic E-state index is -0.385. The van der Waals surface area contributed by atoms with Crippen molar-refractivity contribution in [1.82, 2.24) is 9.78 Å². The minimum Gasteiger partial charge on any atom is -0.461 e. The first-order valence-corrected chi connectivity index (χ1v) is 6.54. The van der Waals surface area contributed by atoms with Crippen LogP contribution in [0.1, 0.15) is 34.2 Å². The van der Waals surface area contributed by atoms with Crippen LogP contribution in [0.4, 0.5) is 0 Å². The molecule has 1 heterocycles. The van der Waals surface area contributed by atoms with Crippen LogP contribution in [0.2, 0.25) is 0 Å². The van der Waals surface area contributed by atoms with Gasteiger partial charge in [-0.15, -0.1) is 5.73 Å². The van der Waals surface area contributed by atoms with Crippen molar-refractivity contribution < 1.29 is 9.53 Å². The minimum absolute atomic E-state index is 0.344. The number of aromatic nitrogens is 2. The smallest absolute Gasteiger partial charge is 0.359 e. The number of rotatable bonds is 4. The van der Waals surface area contributed by atoms with Gasteiger partial charge in [-0.1, -0.05) is 30.3 Å². The molecular weight excluding hydrogens is 252 g/mol. The molecule has 1 aromatic heterocycles. The molecule has 4 nitrogen and oxygen atoms in total. The monoisotopic (exact) mass is 266 g/mol. The zero-order valence-electron chi connectivity index (χ0n) is 11.2. The van der Waals surface area contributed by atoms with Crippen LogP contribution < -0.4 is 0 Å². The van der Waals surface area contributed by atoms with Crippen molar-refractivity contribution in [2.75, 3.05) is 6.61 Å². The number of ether oxygens (including phenoxy) is 1. The molecule has 1 aliphatic carbocycles. The number of benzene rings is 1. The zero-order valence-corrected chi connectivity index (χ0v) is 11.2. The quantitative estimate of drug-likeness (QED) is 0.538. The summed E-state index contributed by atoms with van der Waals surface area (Å²) in [5.74, 6) is -0.385. The Bertz CT molecular complexity index is 708. The molecule has 1 aromatic carbocycles. The normalized spacial score (nSPS) is 11.7. The molecule has 0 unspecified atom stereocenters. The molecule has 0 N–H and O–H groups in total. The fourth-order valence-electron chi connectivity index (χ4n) is 2.21. The molecule has 0 aliphatic heterocycles. The van der Waals surface area contributed by atoms with Gasteiger partial charge in [-0.3, -0.25) is 4.68 Å². The lowest BCUT2D eigenvalue weighted by atomic mass is 10.2. The molecule has 4 heteroatoms. The number of nitrogens with zero attached hydrogens (tertiary/aromatic N) is 2. The van der Waals surface area contributed by atoms with Crippen molar-refractivity contribution >= 4 is 18.1 Å². The van der Waals surface area contributed by atoms with E-state index in [-0.39, 0.29) is 5.97 Å². The van der Waals surface area contributed by atoms with E-state index in [0.29, 0.717) is 18.8 Å². The van der Waals surface area contributed by atoms with Crippen molar-refractivity contribution in [2.24, 2.45) is 0 Å². The number of carbonyl (C=O) groups is 1. The lowest BCUT2D eigenvalue weighted by molar-refractivity contribution is 0.0518. The Morgan fingerprint density at radius 2 is 2.10 bits per heavy atom. The molecule has 0 fully saturated rings. The van der Waals surface area contributed by atoms with E-state index in [1.54, 1.807) is 13.0 Å². The van der Waals surface area contributed by atoms with Gasteiger partial charge in [-0.2, -0.15) is 5.10 Å². The van der Waals surface area contributed by atoms with Gasteiger partial charge in [0.05, 0.1) is 18.8 Å². The van der Waals surface area contributed by atoms with Crippen LogP contribution in [0.3, 0.4) is 0 Å². The molecule has 0 saturated carbocycles. The second-order valence-electron chi connectivity index (χ2n) is 4.47. The van der Waals surface area contributed by atoms with Crippen molar-refractivity contribution in [3.63, 3.8) is 0 Å². The van der Waals surface area contributed by atoms with Gasteiger partial charge in [0, 0.05) is 11.6 Å². The van der Waals surface area contributed by atoms with Gasteiger partial charge in [-0.05, 0) is 18.6 Å². The van der Waals surface area contributed by atoms with Gasteiger partial charge in [-0.25, -0.2) is 4.79 Å². The van der Waals surface area contributed by atoms with E-state index in [9.17, 15) is 4.79 Å². The fraction of sp³-hybridized carbons (Fsp3) is 0.188. The van der Waals surface area contributed by atoms with E-state index >= 15 is 0 Å². The topological polar surface area (TPSA) is 44.1 Å². The Morgan fingerprint density at radius 3 is 2.85 bits per heavy atom. The first-order valence-electron chi connectivity index (χ1n) is 6.54. The van der Waals surface area contributed by atoms with Crippen LogP contribution in [0.15, 0.2) is 36.1 Å². The highest BCUT2D eigenvalue weighted by molar-refractivity contribution is 5.94. The predicted octanol–water partition coefficient (Wildman–Crippen LogP) is 2.75. The van der Waals surface area contributed by atoms with Crippen LogP contribution in [0.25, 0.3) is 12.2 Å². The summed E-state index contributed by atoms with van der Waals surface area (Å²) in [7, 11) is 0. The maximum atomic E-state index is 11.9. The second kappa shape index (κ2) is 5.19. The molecule has 20 heavy (non-hydrogen) atoms. The molecule has 0 amide bonds. The number of hydrogen-bond acceptors (Lipinski definition) is 3. The van der Waals surface area contributed by atoms with E-state index in [2.05, 4.69) is 10.8 Å². The third-order valence-electron chi connectivity index (χ3n) is 3.12. The summed E-state index contributed by atoms with van der Waals surface area (Å²) in [4.78, 5) is 11.9. The number of carbonyl (C=O) groups excluding carboxylic acids is 1. The lowest BCUT2D eigenvalue weighted by Crippen LogP contribution is -2.09. The Balaban J connectivity index is 1.95. The first-order chi connectivity index (χ1) is 9.79. The second-order valence-corrected chi connectivity index (χ2v) is 4.47. The Hall–Kier alpha value is -2.58. The lowest BCUT2D eigenvalue weighted by Gasteiger charge is -2.03. The Morgan fingerprint density at radius 1 is 1.30 bits per heavy atom. The van der Waals surface area contributed by atoms with Crippen LogP contribution in [-0.2, 0) is 11.3 Å². The van der Waals surface area contributed by atoms with E-state index in [1.807, 2.05) is 41.1 Å². The maximum Gasteiger partial charge on any atom is 0.359 e. The van der Waals surface area contributed by atoms with Gasteiger partial charge < -0.3 is 4.74 Å². The van der Waals surface area contributed by atoms with Gasteiger partial charge >= 0.3 is 5.97 Å². The van der Waals surface area contributed by atoms with Crippen LogP contribution in [0, 0.1) is 0 Å². The highest BCUT2D eigenvalue weighted by Crippen LogP contribution is 2.23. The maximum absolute atomic E-state index is 11.9. The van der Waals surface area contributed by atoms with Gasteiger partial charge in [0.1, 0.15) is 0 Å². The van der Waals surface area contributed by atoms with E-state index in [0.717, 1.165) is 16.8 Å².